The molecule has 13 heteroatoms. The van der Waals surface area contributed by atoms with Gasteiger partial charge in [-0.1, -0.05) is 78.7 Å². The van der Waals surface area contributed by atoms with Gasteiger partial charge in [-0.2, -0.15) is 0 Å². The number of carbonyl (C=O) groups is 2. The van der Waals surface area contributed by atoms with Gasteiger partial charge in [0.2, 0.25) is 5.13 Å². The maximum atomic E-state index is 13.7. The number of unbranched alkanes of at least 4 members (excludes halogenated alkanes) is 1. The molecule has 246 valence electrons. The Kier molecular flexibility index (Phi) is 11.7. The molecular formula is C34H33Cl2N3O6S2. The van der Waals surface area contributed by atoms with Gasteiger partial charge in [0.25, 0.3) is 5.78 Å². The summed E-state index contributed by atoms with van der Waals surface area (Å²) in [4.78, 5) is 28.7. The van der Waals surface area contributed by atoms with Crippen molar-refractivity contribution in [3.63, 3.8) is 0 Å². The number of hydrogen-bond donors (Lipinski definition) is 1. The minimum absolute atomic E-state index is 0.0868. The number of thioether (sulfide) groups is 1. The van der Waals surface area contributed by atoms with E-state index in [9.17, 15) is 14.7 Å². The third-order valence-electron chi connectivity index (χ3n) is 7.27. The molecular weight excluding hydrogens is 681 g/mol. The Balaban J connectivity index is 1.54. The molecule has 1 fully saturated rings. The van der Waals surface area contributed by atoms with Crippen LogP contribution in [-0.2, 0) is 15.3 Å². The summed E-state index contributed by atoms with van der Waals surface area (Å²) >= 11 is 14.9. The number of ketones is 1. The van der Waals surface area contributed by atoms with Crippen molar-refractivity contribution in [1.29, 1.82) is 0 Å². The van der Waals surface area contributed by atoms with Crippen LogP contribution in [0.4, 0.5) is 5.13 Å². The molecule has 1 atom stereocenters. The van der Waals surface area contributed by atoms with Crippen LogP contribution in [0.25, 0.3) is 5.76 Å². The van der Waals surface area contributed by atoms with Crippen LogP contribution in [0.3, 0.4) is 0 Å². The van der Waals surface area contributed by atoms with E-state index in [-0.39, 0.29) is 16.5 Å². The van der Waals surface area contributed by atoms with Gasteiger partial charge in [0.05, 0.1) is 31.9 Å². The van der Waals surface area contributed by atoms with E-state index >= 15 is 0 Å². The van der Waals surface area contributed by atoms with Crippen molar-refractivity contribution >= 4 is 68.9 Å². The minimum Gasteiger partial charge on any atom is -0.507 e. The first kappa shape index (κ1) is 34.6. The Morgan fingerprint density at radius 3 is 2.45 bits per heavy atom. The summed E-state index contributed by atoms with van der Waals surface area (Å²) in [7, 11) is 1.52. The summed E-state index contributed by atoms with van der Waals surface area (Å²) in [6.07, 6.45) is 2.68. The molecule has 0 bridgehead atoms. The number of carbonyl (C=O) groups excluding carboxylic acids is 2. The van der Waals surface area contributed by atoms with Crippen LogP contribution in [0.5, 0.6) is 17.2 Å². The summed E-state index contributed by atoms with van der Waals surface area (Å²) in [6.45, 7) is 5.13. The van der Waals surface area contributed by atoms with E-state index in [4.69, 9.17) is 37.4 Å². The van der Waals surface area contributed by atoms with Crippen molar-refractivity contribution < 1.29 is 28.9 Å². The summed E-state index contributed by atoms with van der Waals surface area (Å²) in [5.41, 5.74) is 1.65. The van der Waals surface area contributed by atoms with E-state index in [1.165, 1.54) is 23.8 Å². The standard InChI is InChI=1S/C34H33Cl2N3O6S2/c1-4-6-16-45-26-14-10-21(17-27(26)43-3)29-28(30(40)20-8-12-24(13-9-20)44-15-5-2)31(41)32(42)39(29)33-37-38-34(47-33)46-19-22-7-11-23(35)18-25(22)36/h7-14,17-18,29,40H,4-6,15-16,19H2,1-3H3/b30-28-. The average Bonchev–Trinajstić information content (AvgIpc) is 3.65. The summed E-state index contributed by atoms with van der Waals surface area (Å²) < 4.78 is 17.8. The molecule has 47 heavy (non-hydrogen) atoms. The number of methoxy groups -OCH3 is 1. The first-order valence-electron chi connectivity index (χ1n) is 15.0. The average molecular weight is 715 g/mol. The number of hydrogen-bond acceptors (Lipinski definition) is 10. The summed E-state index contributed by atoms with van der Waals surface area (Å²) in [5.74, 6) is 0.0594. The number of ether oxygens (including phenoxy) is 3. The highest BCUT2D eigenvalue weighted by molar-refractivity contribution is 8.00. The lowest BCUT2D eigenvalue weighted by Gasteiger charge is -2.23. The van der Waals surface area contributed by atoms with E-state index in [1.54, 1.807) is 54.6 Å². The van der Waals surface area contributed by atoms with Crippen LogP contribution >= 0.6 is 46.3 Å². The molecule has 5 rings (SSSR count). The van der Waals surface area contributed by atoms with Crippen molar-refractivity contribution in [3.8, 4) is 17.2 Å². The molecule has 4 aromatic rings. The van der Waals surface area contributed by atoms with Crippen molar-refractivity contribution in [2.75, 3.05) is 25.2 Å². The molecule has 1 N–H and O–H groups in total. The third-order valence-corrected chi connectivity index (χ3v) is 9.96. The zero-order valence-electron chi connectivity index (χ0n) is 26.0. The van der Waals surface area contributed by atoms with Gasteiger partial charge < -0.3 is 19.3 Å². The smallest absolute Gasteiger partial charge is 0.301 e. The SMILES string of the molecule is CCCCOc1ccc(C2/C(=C(/O)c3ccc(OCCC)cc3)C(=O)C(=O)N2c2nnc(SCc3ccc(Cl)cc3Cl)s2)cc1OC. The highest BCUT2D eigenvalue weighted by atomic mass is 35.5. The monoisotopic (exact) mass is 713 g/mol. The molecule has 3 aromatic carbocycles. The van der Waals surface area contributed by atoms with E-state index in [0.717, 1.165) is 36.2 Å². The van der Waals surface area contributed by atoms with Crippen LogP contribution in [-0.4, -0.2) is 47.3 Å². The van der Waals surface area contributed by atoms with Crippen molar-refractivity contribution in [1.82, 2.24) is 10.2 Å². The number of Topliss-reactive ketones (excluding diaryl/α,β-unsaturated/α-hetero) is 1. The molecule has 1 aliphatic heterocycles. The van der Waals surface area contributed by atoms with Gasteiger partial charge >= 0.3 is 5.91 Å². The quantitative estimate of drug-likeness (QED) is 0.0342. The van der Waals surface area contributed by atoms with Gasteiger partial charge in [0, 0.05) is 21.4 Å². The lowest BCUT2D eigenvalue weighted by atomic mass is 9.95. The Labute approximate surface area is 291 Å². The van der Waals surface area contributed by atoms with Crippen LogP contribution in [0, 0.1) is 0 Å². The number of anilines is 1. The number of amides is 1. The van der Waals surface area contributed by atoms with Crippen molar-refractivity contribution in [2.24, 2.45) is 0 Å². The number of nitrogens with zero attached hydrogens (tertiary/aromatic N) is 3. The van der Waals surface area contributed by atoms with Gasteiger partial charge in [-0.15, -0.1) is 10.2 Å². The highest BCUT2D eigenvalue weighted by Gasteiger charge is 2.48. The van der Waals surface area contributed by atoms with Crippen LogP contribution in [0.15, 0.2) is 70.6 Å². The highest BCUT2D eigenvalue weighted by Crippen LogP contribution is 2.46. The molecule has 0 saturated carbocycles. The fourth-order valence-corrected chi connectivity index (χ4v) is 7.29. The lowest BCUT2D eigenvalue weighted by molar-refractivity contribution is -0.132. The fourth-order valence-electron chi connectivity index (χ4n) is 4.87. The second kappa shape index (κ2) is 15.9. The number of benzene rings is 3. The molecule has 1 saturated heterocycles. The van der Waals surface area contributed by atoms with Crippen molar-refractivity contribution in [2.45, 2.75) is 49.2 Å². The summed E-state index contributed by atoms with van der Waals surface area (Å²) in [5, 5.41) is 21.4. The molecule has 9 nitrogen and oxygen atoms in total. The predicted molar refractivity (Wildman–Crippen MR) is 186 cm³/mol. The first-order chi connectivity index (χ1) is 22.7. The summed E-state index contributed by atoms with van der Waals surface area (Å²) in [6, 6.07) is 16.2. The molecule has 1 aromatic heterocycles. The van der Waals surface area contributed by atoms with Gasteiger partial charge in [-0.25, -0.2) is 0 Å². The van der Waals surface area contributed by atoms with E-state index in [2.05, 4.69) is 17.1 Å². The second-order valence-corrected chi connectivity index (χ2v) is 13.6. The first-order valence-corrected chi connectivity index (χ1v) is 17.6. The van der Waals surface area contributed by atoms with Gasteiger partial charge in [0.15, 0.2) is 15.8 Å². The van der Waals surface area contributed by atoms with E-state index in [0.29, 0.717) is 61.7 Å². The number of halogens is 2. The molecule has 1 amide bonds. The van der Waals surface area contributed by atoms with Gasteiger partial charge in [-0.3, -0.25) is 14.5 Å². The van der Waals surface area contributed by atoms with Crippen molar-refractivity contribution in [3.05, 3.63) is 93.0 Å². The third kappa shape index (κ3) is 7.86. The number of aliphatic hydroxyl groups is 1. The zero-order chi connectivity index (χ0) is 33.5. The van der Waals surface area contributed by atoms with Gasteiger partial charge in [0.1, 0.15) is 11.5 Å². The Hall–Kier alpha value is -3.77. The Bertz CT molecular complexity index is 1780. The zero-order valence-corrected chi connectivity index (χ0v) is 29.1. The fraction of sp³-hybridized carbons (Fsp3) is 0.294. The molecule has 1 aliphatic rings. The molecule has 2 heterocycles. The van der Waals surface area contributed by atoms with Crippen LogP contribution < -0.4 is 19.1 Å². The van der Waals surface area contributed by atoms with E-state index < -0.39 is 17.7 Å². The maximum absolute atomic E-state index is 13.7. The largest absolute Gasteiger partial charge is 0.507 e. The van der Waals surface area contributed by atoms with Crippen LogP contribution in [0.2, 0.25) is 10.0 Å². The molecule has 0 aliphatic carbocycles. The maximum Gasteiger partial charge on any atom is 0.301 e. The van der Waals surface area contributed by atoms with E-state index in [1.807, 2.05) is 13.0 Å². The number of aromatic nitrogens is 2. The number of rotatable bonds is 14. The lowest BCUT2D eigenvalue weighted by Crippen LogP contribution is -2.29. The second-order valence-electron chi connectivity index (χ2n) is 10.5. The predicted octanol–water partition coefficient (Wildman–Crippen LogP) is 8.74. The van der Waals surface area contributed by atoms with Crippen LogP contribution in [0.1, 0.15) is 55.8 Å². The molecule has 0 radical (unpaired) electrons. The molecule has 0 spiro atoms. The normalized spacial score (nSPS) is 15.7. The van der Waals surface area contributed by atoms with Gasteiger partial charge in [-0.05, 0) is 72.5 Å². The molecule has 1 unspecified atom stereocenters. The topological polar surface area (TPSA) is 111 Å². The Morgan fingerprint density at radius 1 is 0.957 bits per heavy atom. The number of aliphatic hydroxyl groups excluding tert-OH is 1. The minimum atomic E-state index is -1.03. The Morgan fingerprint density at radius 2 is 1.74 bits per heavy atom.